The summed E-state index contributed by atoms with van der Waals surface area (Å²) in [7, 11) is 0. The number of rotatable bonds is 2. The number of aliphatic hydroxyl groups is 1. The van der Waals surface area contributed by atoms with Gasteiger partial charge in [-0.15, -0.1) is 0 Å². The molecule has 0 heterocycles. The Morgan fingerprint density at radius 2 is 1.75 bits per heavy atom. The minimum Gasteiger partial charge on any atom is -0.388 e. The molecule has 0 saturated heterocycles. The van der Waals surface area contributed by atoms with Gasteiger partial charge in [-0.05, 0) is 28.5 Å². The van der Waals surface area contributed by atoms with E-state index in [2.05, 4.69) is 27.7 Å². The second-order valence-electron chi connectivity index (χ2n) is 5.92. The SMILES string of the molecule is CC1(C)C(C(O)c2cccc(F)c2)C1(C)C. The van der Waals surface area contributed by atoms with Crippen molar-refractivity contribution in [3.8, 4) is 0 Å². The Morgan fingerprint density at radius 3 is 2.19 bits per heavy atom. The van der Waals surface area contributed by atoms with Crippen LogP contribution in [0.3, 0.4) is 0 Å². The lowest BCUT2D eigenvalue weighted by atomic mass is 9.99. The van der Waals surface area contributed by atoms with E-state index in [-0.39, 0.29) is 22.6 Å². The van der Waals surface area contributed by atoms with Gasteiger partial charge in [0.15, 0.2) is 0 Å². The Labute approximate surface area is 96.3 Å². The van der Waals surface area contributed by atoms with Crippen LogP contribution < -0.4 is 0 Å². The van der Waals surface area contributed by atoms with Crippen LogP contribution in [0.1, 0.15) is 39.4 Å². The van der Waals surface area contributed by atoms with Gasteiger partial charge in [0.2, 0.25) is 0 Å². The fourth-order valence-corrected chi connectivity index (χ4v) is 2.92. The molecule has 0 bridgehead atoms. The van der Waals surface area contributed by atoms with Crippen LogP contribution >= 0.6 is 0 Å². The molecule has 1 saturated carbocycles. The molecule has 0 aromatic heterocycles. The lowest BCUT2D eigenvalue weighted by Gasteiger charge is -2.13. The molecule has 1 aliphatic carbocycles. The highest BCUT2D eigenvalue weighted by Crippen LogP contribution is 2.72. The average Bonchev–Trinajstić information content (AvgIpc) is 2.56. The lowest BCUT2D eigenvalue weighted by molar-refractivity contribution is 0.130. The van der Waals surface area contributed by atoms with E-state index in [0.29, 0.717) is 5.56 Å². The van der Waals surface area contributed by atoms with Crippen LogP contribution in [0.15, 0.2) is 24.3 Å². The second-order valence-corrected chi connectivity index (χ2v) is 5.92. The third kappa shape index (κ3) is 1.47. The molecule has 1 aromatic carbocycles. The van der Waals surface area contributed by atoms with Gasteiger partial charge in [-0.3, -0.25) is 0 Å². The quantitative estimate of drug-likeness (QED) is 0.811. The standard InChI is InChI=1S/C14H19FO/c1-13(2)12(14(13,3)4)11(16)9-6-5-7-10(15)8-9/h5-8,11-12,16H,1-4H3. The summed E-state index contributed by atoms with van der Waals surface area (Å²) in [5.74, 6) is -0.0883. The molecule has 1 nitrogen and oxygen atoms in total. The van der Waals surface area contributed by atoms with E-state index < -0.39 is 6.10 Å². The summed E-state index contributed by atoms with van der Waals surface area (Å²) >= 11 is 0. The van der Waals surface area contributed by atoms with Crippen molar-refractivity contribution in [1.82, 2.24) is 0 Å². The van der Waals surface area contributed by atoms with Crippen molar-refractivity contribution in [2.75, 3.05) is 0 Å². The van der Waals surface area contributed by atoms with Crippen molar-refractivity contribution in [3.63, 3.8) is 0 Å². The van der Waals surface area contributed by atoms with Crippen LogP contribution in [0.2, 0.25) is 0 Å². The number of aliphatic hydroxyl groups excluding tert-OH is 1. The molecule has 1 unspecified atom stereocenters. The largest absolute Gasteiger partial charge is 0.388 e. The Hall–Kier alpha value is -0.890. The molecule has 2 heteroatoms. The van der Waals surface area contributed by atoms with Gasteiger partial charge in [0.1, 0.15) is 5.82 Å². The molecule has 0 spiro atoms. The van der Waals surface area contributed by atoms with E-state index in [0.717, 1.165) is 0 Å². The molecule has 88 valence electrons. The van der Waals surface area contributed by atoms with Gasteiger partial charge in [-0.25, -0.2) is 4.39 Å². The van der Waals surface area contributed by atoms with Crippen LogP contribution in [0.4, 0.5) is 4.39 Å². The van der Waals surface area contributed by atoms with Crippen molar-refractivity contribution >= 4 is 0 Å². The summed E-state index contributed by atoms with van der Waals surface area (Å²) in [6.45, 7) is 8.61. The van der Waals surface area contributed by atoms with Crippen LogP contribution in [0.25, 0.3) is 0 Å². The third-order valence-corrected chi connectivity index (χ3v) is 4.64. The Bertz CT molecular complexity index is 395. The van der Waals surface area contributed by atoms with Crippen molar-refractivity contribution in [2.24, 2.45) is 16.7 Å². The highest BCUT2D eigenvalue weighted by Gasteiger charge is 2.67. The first-order valence-corrected chi connectivity index (χ1v) is 5.72. The van der Waals surface area contributed by atoms with Crippen molar-refractivity contribution < 1.29 is 9.50 Å². The first-order chi connectivity index (χ1) is 7.28. The van der Waals surface area contributed by atoms with Gasteiger partial charge in [0.05, 0.1) is 6.10 Å². The van der Waals surface area contributed by atoms with Gasteiger partial charge in [0.25, 0.3) is 0 Å². The smallest absolute Gasteiger partial charge is 0.123 e. The zero-order valence-electron chi connectivity index (χ0n) is 10.3. The number of halogens is 1. The normalized spacial score (nSPS) is 24.1. The van der Waals surface area contributed by atoms with Crippen LogP contribution in [0.5, 0.6) is 0 Å². The first kappa shape index (κ1) is 11.6. The van der Waals surface area contributed by atoms with E-state index in [4.69, 9.17) is 0 Å². The third-order valence-electron chi connectivity index (χ3n) is 4.64. The molecule has 2 rings (SSSR count). The highest BCUT2D eigenvalue weighted by atomic mass is 19.1. The predicted molar refractivity (Wildman–Crippen MR) is 62.4 cm³/mol. The Balaban J connectivity index is 2.26. The zero-order chi connectivity index (χ0) is 12.1. The van der Waals surface area contributed by atoms with Crippen LogP contribution in [0, 0.1) is 22.6 Å². The molecule has 0 aliphatic heterocycles. The molecule has 1 atom stereocenters. The molecule has 1 N–H and O–H groups in total. The van der Waals surface area contributed by atoms with Gasteiger partial charge in [-0.1, -0.05) is 39.8 Å². The van der Waals surface area contributed by atoms with Gasteiger partial charge in [0, 0.05) is 5.92 Å². The molecule has 0 radical (unpaired) electrons. The van der Waals surface area contributed by atoms with Gasteiger partial charge < -0.3 is 5.11 Å². The summed E-state index contributed by atoms with van der Waals surface area (Å²) in [5, 5.41) is 10.3. The van der Waals surface area contributed by atoms with Crippen LogP contribution in [-0.4, -0.2) is 5.11 Å². The second kappa shape index (κ2) is 3.30. The topological polar surface area (TPSA) is 20.2 Å². The van der Waals surface area contributed by atoms with Crippen molar-refractivity contribution in [2.45, 2.75) is 33.8 Å². The molecule has 16 heavy (non-hydrogen) atoms. The minimum atomic E-state index is -0.569. The van der Waals surface area contributed by atoms with Crippen molar-refractivity contribution in [3.05, 3.63) is 35.6 Å². The lowest BCUT2D eigenvalue weighted by Crippen LogP contribution is -2.05. The summed E-state index contributed by atoms with van der Waals surface area (Å²) < 4.78 is 13.1. The summed E-state index contributed by atoms with van der Waals surface area (Å²) in [4.78, 5) is 0. The molecule has 1 aliphatic rings. The van der Waals surface area contributed by atoms with E-state index in [1.54, 1.807) is 12.1 Å². The van der Waals surface area contributed by atoms with Crippen molar-refractivity contribution in [1.29, 1.82) is 0 Å². The monoisotopic (exact) mass is 222 g/mol. The number of hydrogen-bond donors (Lipinski definition) is 1. The zero-order valence-corrected chi connectivity index (χ0v) is 10.3. The average molecular weight is 222 g/mol. The molecule has 1 fully saturated rings. The predicted octanol–water partition coefficient (Wildman–Crippen LogP) is 3.54. The van der Waals surface area contributed by atoms with E-state index >= 15 is 0 Å². The van der Waals surface area contributed by atoms with E-state index in [1.807, 2.05) is 0 Å². The number of hydrogen-bond acceptors (Lipinski definition) is 1. The van der Waals surface area contributed by atoms with E-state index in [1.165, 1.54) is 12.1 Å². The highest BCUT2D eigenvalue weighted by molar-refractivity contribution is 5.26. The maximum absolute atomic E-state index is 13.1. The molecular formula is C14H19FO. The summed E-state index contributed by atoms with van der Waals surface area (Å²) in [6.07, 6.45) is -0.569. The van der Waals surface area contributed by atoms with E-state index in [9.17, 15) is 9.50 Å². The fraction of sp³-hybridized carbons (Fsp3) is 0.571. The summed E-state index contributed by atoms with van der Waals surface area (Å²) in [6, 6.07) is 6.27. The molecular weight excluding hydrogens is 203 g/mol. The van der Waals surface area contributed by atoms with Gasteiger partial charge in [-0.2, -0.15) is 0 Å². The maximum Gasteiger partial charge on any atom is 0.123 e. The molecule has 0 amide bonds. The van der Waals surface area contributed by atoms with Gasteiger partial charge >= 0.3 is 0 Å². The Morgan fingerprint density at radius 1 is 1.19 bits per heavy atom. The minimum absolute atomic E-state index is 0.110. The fourth-order valence-electron chi connectivity index (χ4n) is 2.92. The Kier molecular flexibility index (Phi) is 2.39. The maximum atomic E-state index is 13.1. The first-order valence-electron chi connectivity index (χ1n) is 5.72. The molecule has 1 aromatic rings. The summed E-state index contributed by atoms with van der Waals surface area (Å²) in [5.41, 5.74) is 0.904. The number of benzene rings is 1. The van der Waals surface area contributed by atoms with Crippen LogP contribution in [-0.2, 0) is 0 Å².